The molecule has 29 heavy (non-hydrogen) atoms. The highest BCUT2D eigenvalue weighted by Crippen LogP contribution is 2.34. The van der Waals surface area contributed by atoms with Crippen molar-refractivity contribution >= 4 is 11.7 Å². The van der Waals surface area contributed by atoms with Gasteiger partial charge in [-0.25, -0.2) is 4.79 Å². The Labute approximate surface area is 170 Å². The SMILES string of the molecule is O=C(O)c1ccc(Oc2cc(-c3ccccc3)ccc2NCC2CCCN2)cc1. The quantitative estimate of drug-likeness (QED) is 0.531. The molecule has 0 aromatic heterocycles. The summed E-state index contributed by atoms with van der Waals surface area (Å²) in [6.07, 6.45) is 2.38. The summed E-state index contributed by atoms with van der Waals surface area (Å²) in [5.74, 6) is 0.365. The van der Waals surface area contributed by atoms with Crippen molar-refractivity contribution in [1.82, 2.24) is 5.32 Å². The summed E-state index contributed by atoms with van der Waals surface area (Å²) in [6, 6.07) is 23.2. The van der Waals surface area contributed by atoms with Crippen molar-refractivity contribution in [2.75, 3.05) is 18.4 Å². The molecule has 4 rings (SSSR count). The molecule has 0 amide bonds. The van der Waals surface area contributed by atoms with Crippen molar-refractivity contribution in [3.8, 4) is 22.6 Å². The van der Waals surface area contributed by atoms with Crippen LogP contribution in [0.15, 0.2) is 72.8 Å². The fourth-order valence-corrected chi connectivity index (χ4v) is 3.52. The molecule has 3 aromatic carbocycles. The molecule has 1 saturated heterocycles. The molecule has 0 saturated carbocycles. The van der Waals surface area contributed by atoms with E-state index in [4.69, 9.17) is 9.84 Å². The number of rotatable bonds is 7. The van der Waals surface area contributed by atoms with Gasteiger partial charge >= 0.3 is 5.97 Å². The van der Waals surface area contributed by atoms with Crippen molar-refractivity contribution in [3.63, 3.8) is 0 Å². The minimum absolute atomic E-state index is 0.237. The summed E-state index contributed by atoms with van der Waals surface area (Å²) in [6.45, 7) is 1.90. The molecule has 0 aliphatic carbocycles. The third-order valence-electron chi connectivity index (χ3n) is 5.12. The largest absolute Gasteiger partial charge is 0.478 e. The number of hydrogen-bond donors (Lipinski definition) is 3. The zero-order valence-electron chi connectivity index (χ0n) is 16.1. The lowest BCUT2D eigenvalue weighted by atomic mass is 10.0. The third kappa shape index (κ3) is 4.76. The zero-order valence-corrected chi connectivity index (χ0v) is 16.1. The Balaban J connectivity index is 1.60. The Morgan fingerprint density at radius 1 is 1.03 bits per heavy atom. The Kier molecular flexibility index (Phi) is 5.77. The highest BCUT2D eigenvalue weighted by molar-refractivity contribution is 5.87. The van der Waals surface area contributed by atoms with Crippen molar-refractivity contribution in [2.24, 2.45) is 0 Å². The summed E-state index contributed by atoms with van der Waals surface area (Å²) in [5, 5.41) is 16.1. The molecular weight excluding hydrogens is 364 g/mol. The summed E-state index contributed by atoms with van der Waals surface area (Å²) < 4.78 is 6.15. The molecule has 1 aliphatic rings. The first-order valence-corrected chi connectivity index (χ1v) is 9.87. The Bertz CT molecular complexity index is 965. The maximum Gasteiger partial charge on any atom is 0.335 e. The van der Waals surface area contributed by atoms with Crippen LogP contribution in [-0.4, -0.2) is 30.2 Å². The van der Waals surface area contributed by atoms with Crippen LogP contribution in [0.5, 0.6) is 11.5 Å². The minimum Gasteiger partial charge on any atom is -0.478 e. The van der Waals surface area contributed by atoms with Gasteiger partial charge in [0.1, 0.15) is 5.75 Å². The number of hydrogen-bond acceptors (Lipinski definition) is 4. The third-order valence-corrected chi connectivity index (χ3v) is 5.12. The van der Waals surface area contributed by atoms with E-state index in [1.54, 1.807) is 24.3 Å². The van der Waals surface area contributed by atoms with E-state index in [0.717, 1.165) is 29.9 Å². The topological polar surface area (TPSA) is 70.6 Å². The van der Waals surface area contributed by atoms with Crippen LogP contribution in [0.4, 0.5) is 5.69 Å². The number of ether oxygens (including phenoxy) is 1. The smallest absolute Gasteiger partial charge is 0.335 e. The van der Waals surface area contributed by atoms with Crippen LogP contribution in [0.1, 0.15) is 23.2 Å². The number of nitrogens with one attached hydrogen (secondary N) is 2. The fourth-order valence-electron chi connectivity index (χ4n) is 3.52. The zero-order chi connectivity index (χ0) is 20.1. The van der Waals surface area contributed by atoms with Crippen molar-refractivity contribution in [1.29, 1.82) is 0 Å². The fraction of sp³-hybridized carbons (Fsp3) is 0.208. The van der Waals surface area contributed by atoms with Crippen molar-refractivity contribution in [3.05, 3.63) is 78.4 Å². The van der Waals surface area contributed by atoms with Crippen molar-refractivity contribution in [2.45, 2.75) is 18.9 Å². The molecule has 3 N–H and O–H groups in total. The van der Waals surface area contributed by atoms with E-state index in [0.29, 0.717) is 17.5 Å². The highest BCUT2D eigenvalue weighted by atomic mass is 16.5. The lowest BCUT2D eigenvalue weighted by Gasteiger charge is -2.17. The second-order valence-corrected chi connectivity index (χ2v) is 7.18. The van der Waals surface area contributed by atoms with Gasteiger partial charge in [-0.3, -0.25) is 0 Å². The van der Waals surface area contributed by atoms with Gasteiger partial charge in [0.25, 0.3) is 0 Å². The lowest BCUT2D eigenvalue weighted by Crippen LogP contribution is -2.29. The molecule has 0 spiro atoms. The molecular formula is C24H24N2O3. The summed E-state index contributed by atoms with van der Waals surface area (Å²) in [4.78, 5) is 11.1. The van der Waals surface area contributed by atoms with Crippen LogP contribution in [0, 0.1) is 0 Å². The second-order valence-electron chi connectivity index (χ2n) is 7.18. The van der Waals surface area contributed by atoms with Crippen LogP contribution < -0.4 is 15.4 Å². The predicted octanol–water partition coefficient (Wildman–Crippen LogP) is 5.01. The first-order chi connectivity index (χ1) is 14.2. The van der Waals surface area contributed by atoms with E-state index >= 15 is 0 Å². The molecule has 1 atom stereocenters. The summed E-state index contributed by atoms with van der Waals surface area (Å²) >= 11 is 0. The molecule has 0 bridgehead atoms. The lowest BCUT2D eigenvalue weighted by molar-refractivity contribution is 0.0697. The Hall–Kier alpha value is -3.31. The molecule has 5 nitrogen and oxygen atoms in total. The average molecular weight is 388 g/mol. The molecule has 1 aliphatic heterocycles. The van der Waals surface area contributed by atoms with Gasteiger partial charge in [-0.1, -0.05) is 36.4 Å². The van der Waals surface area contributed by atoms with E-state index in [2.05, 4.69) is 28.8 Å². The number of benzene rings is 3. The van der Waals surface area contributed by atoms with E-state index in [1.807, 2.05) is 30.3 Å². The van der Waals surface area contributed by atoms with Gasteiger partial charge in [0.05, 0.1) is 11.3 Å². The molecule has 1 unspecified atom stereocenters. The van der Waals surface area contributed by atoms with E-state index in [1.165, 1.54) is 12.8 Å². The van der Waals surface area contributed by atoms with Crippen LogP contribution in [0.2, 0.25) is 0 Å². The average Bonchev–Trinajstić information content (AvgIpc) is 3.27. The number of anilines is 1. The van der Waals surface area contributed by atoms with E-state index in [9.17, 15) is 4.79 Å². The number of aromatic carboxylic acids is 1. The number of carbonyl (C=O) groups is 1. The van der Waals surface area contributed by atoms with Crippen LogP contribution in [-0.2, 0) is 0 Å². The normalized spacial score (nSPS) is 15.8. The molecule has 1 heterocycles. The highest BCUT2D eigenvalue weighted by Gasteiger charge is 2.15. The van der Waals surface area contributed by atoms with Gasteiger partial charge in [0, 0.05) is 12.6 Å². The molecule has 3 aromatic rings. The minimum atomic E-state index is -0.950. The summed E-state index contributed by atoms with van der Waals surface area (Å²) in [5.41, 5.74) is 3.33. The first-order valence-electron chi connectivity index (χ1n) is 9.87. The van der Waals surface area contributed by atoms with E-state index in [-0.39, 0.29) is 5.56 Å². The van der Waals surface area contributed by atoms with Crippen LogP contribution >= 0.6 is 0 Å². The van der Waals surface area contributed by atoms with E-state index < -0.39 is 5.97 Å². The predicted molar refractivity (Wildman–Crippen MR) is 115 cm³/mol. The summed E-state index contributed by atoms with van der Waals surface area (Å²) in [7, 11) is 0. The maximum atomic E-state index is 11.1. The first kappa shape index (κ1) is 19.0. The molecule has 148 valence electrons. The molecule has 5 heteroatoms. The monoisotopic (exact) mass is 388 g/mol. The molecule has 1 fully saturated rings. The number of carboxylic acid groups (broad SMARTS) is 1. The van der Waals surface area contributed by atoms with Crippen molar-refractivity contribution < 1.29 is 14.6 Å². The second kappa shape index (κ2) is 8.80. The van der Waals surface area contributed by atoms with Gasteiger partial charge in [0.2, 0.25) is 0 Å². The number of carboxylic acids is 1. The maximum absolute atomic E-state index is 11.1. The molecule has 0 radical (unpaired) electrons. The van der Waals surface area contributed by atoms with Gasteiger partial charge in [-0.15, -0.1) is 0 Å². The van der Waals surface area contributed by atoms with Gasteiger partial charge in [0.15, 0.2) is 5.75 Å². The Morgan fingerprint density at radius 2 is 1.83 bits per heavy atom. The van der Waals surface area contributed by atoms with Crippen LogP contribution in [0.3, 0.4) is 0 Å². The van der Waals surface area contributed by atoms with Gasteiger partial charge in [-0.2, -0.15) is 0 Å². The standard InChI is InChI=1S/C24H24N2O3/c27-24(28)18-8-11-21(12-9-18)29-23-15-19(17-5-2-1-3-6-17)10-13-22(23)26-16-20-7-4-14-25-20/h1-3,5-6,8-13,15,20,25-26H,4,7,14,16H2,(H,27,28). The van der Waals surface area contributed by atoms with Crippen LogP contribution in [0.25, 0.3) is 11.1 Å². The van der Waals surface area contributed by atoms with Gasteiger partial charge in [-0.05, 0) is 66.9 Å². The Morgan fingerprint density at radius 3 is 2.52 bits per heavy atom. The van der Waals surface area contributed by atoms with Gasteiger partial charge < -0.3 is 20.5 Å².